The Hall–Kier alpha value is -1.04. The Morgan fingerprint density at radius 3 is 2.60 bits per heavy atom. The lowest BCUT2D eigenvalue weighted by Gasteiger charge is -2.17. The Kier molecular flexibility index (Phi) is 3.73. The van der Waals surface area contributed by atoms with Crippen molar-refractivity contribution in [3.05, 3.63) is 18.2 Å². The molecule has 0 atom stereocenters. The molecule has 0 aromatic carbocycles. The van der Waals surface area contributed by atoms with Crippen LogP contribution in [0.2, 0.25) is 0 Å². The minimum atomic E-state index is -4.09. The molecule has 0 N–H and O–H groups in total. The number of halogens is 3. The van der Waals surface area contributed by atoms with Gasteiger partial charge >= 0.3 is 6.18 Å². The first-order valence-corrected chi connectivity index (χ1v) is 4.60. The Labute approximate surface area is 86.5 Å². The number of alkyl halides is 3. The van der Waals surface area contributed by atoms with Crippen molar-refractivity contribution in [2.75, 3.05) is 13.6 Å². The quantitative estimate of drug-likeness (QED) is 0.773. The van der Waals surface area contributed by atoms with Gasteiger partial charge in [-0.05, 0) is 7.05 Å². The zero-order valence-corrected chi connectivity index (χ0v) is 8.75. The molecule has 86 valence electrons. The molecule has 0 spiro atoms. The summed E-state index contributed by atoms with van der Waals surface area (Å²) in [7, 11) is 3.47. The first-order chi connectivity index (χ1) is 6.88. The topological polar surface area (TPSA) is 21.1 Å². The van der Waals surface area contributed by atoms with E-state index in [2.05, 4.69) is 4.98 Å². The summed E-state index contributed by atoms with van der Waals surface area (Å²) in [6.45, 7) is 0.427. The Balaban J connectivity index is 2.37. The SMILES string of the molecule is CN(CCC(F)(F)F)Cc1nccn1C. The highest BCUT2D eigenvalue weighted by Crippen LogP contribution is 2.19. The van der Waals surface area contributed by atoms with Crippen molar-refractivity contribution in [3.8, 4) is 0 Å². The molecule has 1 aromatic heterocycles. The summed E-state index contributed by atoms with van der Waals surface area (Å²) in [4.78, 5) is 5.65. The predicted octanol–water partition coefficient (Wildman–Crippen LogP) is 1.80. The van der Waals surface area contributed by atoms with Crippen LogP contribution in [0.4, 0.5) is 13.2 Å². The molecule has 0 unspecified atom stereocenters. The van der Waals surface area contributed by atoms with Crippen LogP contribution < -0.4 is 0 Å². The van der Waals surface area contributed by atoms with E-state index in [0.29, 0.717) is 6.54 Å². The summed E-state index contributed by atoms with van der Waals surface area (Å²) in [6, 6.07) is 0. The Morgan fingerprint density at radius 1 is 1.47 bits per heavy atom. The lowest BCUT2D eigenvalue weighted by molar-refractivity contribution is -0.137. The number of aryl methyl sites for hydroxylation is 1. The van der Waals surface area contributed by atoms with Crippen LogP contribution in [0, 0.1) is 0 Å². The number of aromatic nitrogens is 2. The number of imidazole rings is 1. The average Bonchev–Trinajstić information content (AvgIpc) is 2.47. The third-order valence-corrected chi connectivity index (χ3v) is 2.11. The monoisotopic (exact) mass is 221 g/mol. The second kappa shape index (κ2) is 4.65. The lowest BCUT2D eigenvalue weighted by Crippen LogP contribution is -2.25. The third kappa shape index (κ3) is 4.33. The molecular weight excluding hydrogens is 207 g/mol. The first-order valence-electron chi connectivity index (χ1n) is 4.60. The molecule has 0 bridgehead atoms. The number of rotatable bonds is 4. The summed E-state index contributed by atoms with van der Waals surface area (Å²) in [6.07, 6.45) is -1.47. The van der Waals surface area contributed by atoms with Crippen LogP contribution in [0.25, 0.3) is 0 Å². The van der Waals surface area contributed by atoms with Gasteiger partial charge in [0.2, 0.25) is 0 Å². The summed E-state index contributed by atoms with van der Waals surface area (Å²) in [5, 5.41) is 0. The van der Waals surface area contributed by atoms with Crippen LogP contribution in [-0.2, 0) is 13.6 Å². The van der Waals surface area contributed by atoms with Gasteiger partial charge in [0.15, 0.2) is 0 Å². The maximum absolute atomic E-state index is 11.9. The normalized spacial score (nSPS) is 12.4. The van der Waals surface area contributed by atoms with Gasteiger partial charge < -0.3 is 4.57 Å². The van der Waals surface area contributed by atoms with Crippen molar-refractivity contribution in [1.82, 2.24) is 14.5 Å². The van der Waals surface area contributed by atoms with Gasteiger partial charge in [-0.15, -0.1) is 0 Å². The molecule has 0 saturated heterocycles. The smallest absolute Gasteiger partial charge is 0.337 e. The van der Waals surface area contributed by atoms with Crippen molar-refractivity contribution >= 4 is 0 Å². The number of nitrogens with zero attached hydrogens (tertiary/aromatic N) is 3. The van der Waals surface area contributed by atoms with Gasteiger partial charge in [-0.3, -0.25) is 4.90 Å². The first kappa shape index (κ1) is 12.0. The van der Waals surface area contributed by atoms with Crippen LogP contribution in [-0.4, -0.2) is 34.2 Å². The lowest BCUT2D eigenvalue weighted by atomic mass is 10.4. The molecule has 0 aliphatic carbocycles. The molecular formula is C9H14F3N3. The van der Waals surface area contributed by atoms with E-state index in [1.165, 1.54) is 0 Å². The highest BCUT2D eigenvalue weighted by Gasteiger charge is 2.27. The van der Waals surface area contributed by atoms with Gasteiger partial charge in [-0.2, -0.15) is 13.2 Å². The molecule has 0 radical (unpaired) electrons. The molecule has 1 heterocycles. The molecule has 0 aliphatic rings. The fourth-order valence-electron chi connectivity index (χ4n) is 1.19. The van der Waals surface area contributed by atoms with Crippen molar-refractivity contribution in [1.29, 1.82) is 0 Å². The second-order valence-electron chi connectivity index (χ2n) is 3.56. The zero-order valence-electron chi connectivity index (χ0n) is 8.75. The minimum Gasteiger partial charge on any atom is -0.337 e. The van der Waals surface area contributed by atoms with E-state index in [1.54, 1.807) is 28.9 Å². The molecule has 15 heavy (non-hydrogen) atoms. The molecule has 0 aliphatic heterocycles. The van der Waals surface area contributed by atoms with E-state index in [9.17, 15) is 13.2 Å². The predicted molar refractivity (Wildman–Crippen MR) is 50.2 cm³/mol. The highest BCUT2D eigenvalue weighted by molar-refractivity contribution is 4.90. The van der Waals surface area contributed by atoms with Gasteiger partial charge in [-0.1, -0.05) is 0 Å². The van der Waals surface area contributed by atoms with Crippen molar-refractivity contribution < 1.29 is 13.2 Å². The van der Waals surface area contributed by atoms with Gasteiger partial charge in [-0.25, -0.2) is 4.98 Å². The Bertz CT molecular complexity index is 306. The summed E-state index contributed by atoms with van der Waals surface area (Å²) < 4.78 is 37.6. The van der Waals surface area contributed by atoms with E-state index in [0.717, 1.165) is 5.82 Å². The summed E-state index contributed by atoms with van der Waals surface area (Å²) in [5.74, 6) is 0.764. The van der Waals surface area contributed by atoms with E-state index >= 15 is 0 Å². The third-order valence-electron chi connectivity index (χ3n) is 2.11. The van der Waals surface area contributed by atoms with Crippen molar-refractivity contribution in [3.63, 3.8) is 0 Å². The average molecular weight is 221 g/mol. The van der Waals surface area contributed by atoms with Gasteiger partial charge in [0.25, 0.3) is 0 Å². The van der Waals surface area contributed by atoms with Crippen molar-refractivity contribution in [2.24, 2.45) is 7.05 Å². The fourth-order valence-corrected chi connectivity index (χ4v) is 1.19. The van der Waals surface area contributed by atoms with E-state index in [1.807, 2.05) is 7.05 Å². The fraction of sp³-hybridized carbons (Fsp3) is 0.667. The molecule has 0 fully saturated rings. The molecule has 0 saturated carbocycles. The molecule has 1 rings (SSSR count). The Morgan fingerprint density at radius 2 is 2.13 bits per heavy atom. The standard InChI is InChI=1S/C9H14F3N3/c1-14(5-3-9(10,11)12)7-8-13-4-6-15(8)2/h4,6H,3,5,7H2,1-2H3. The van der Waals surface area contributed by atoms with Crippen LogP contribution in [0.3, 0.4) is 0 Å². The second-order valence-corrected chi connectivity index (χ2v) is 3.56. The van der Waals surface area contributed by atoms with E-state index < -0.39 is 12.6 Å². The summed E-state index contributed by atoms with van der Waals surface area (Å²) in [5.41, 5.74) is 0. The molecule has 0 amide bonds. The van der Waals surface area contributed by atoms with Gasteiger partial charge in [0, 0.05) is 26.0 Å². The number of hydrogen-bond acceptors (Lipinski definition) is 2. The largest absolute Gasteiger partial charge is 0.390 e. The molecule has 3 nitrogen and oxygen atoms in total. The van der Waals surface area contributed by atoms with E-state index in [-0.39, 0.29) is 6.54 Å². The van der Waals surface area contributed by atoms with Crippen LogP contribution in [0.15, 0.2) is 12.4 Å². The molecule has 6 heteroatoms. The van der Waals surface area contributed by atoms with E-state index in [4.69, 9.17) is 0 Å². The van der Waals surface area contributed by atoms with Crippen LogP contribution in [0.1, 0.15) is 12.2 Å². The summed E-state index contributed by atoms with van der Waals surface area (Å²) >= 11 is 0. The van der Waals surface area contributed by atoms with Crippen LogP contribution >= 0.6 is 0 Å². The van der Waals surface area contributed by atoms with Gasteiger partial charge in [0.05, 0.1) is 13.0 Å². The maximum atomic E-state index is 11.9. The van der Waals surface area contributed by atoms with Crippen molar-refractivity contribution in [2.45, 2.75) is 19.1 Å². The molecule has 1 aromatic rings. The maximum Gasteiger partial charge on any atom is 0.390 e. The van der Waals surface area contributed by atoms with Crippen LogP contribution in [0.5, 0.6) is 0 Å². The minimum absolute atomic E-state index is 0.00361. The zero-order chi connectivity index (χ0) is 11.5. The number of hydrogen-bond donors (Lipinski definition) is 0. The van der Waals surface area contributed by atoms with Gasteiger partial charge in [0.1, 0.15) is 5.82 Å². The highest BCUT2D eigenvalue weighted by atomic mass is 19.4.